The summed E-state index contributed by atoms with van der Waals surface area (Å²) in [6.45, 7) is 1.34. The van der Waals surface area contributed by atoms with Crippen molar-refractivity contribution in [2.24, 2.45) is 0 Å². The van der Waals surface area contributed by atoms with Gasteiger partial charge in [0.15, 0.2) is 29.3 Å². The minimum absolute atomic E-state index is 0.00655. The van der Waals surface area contributed by atoms with Crippen molar-refractivity contribution >= 4 is 22.9 Å². The van der Waals surface area contributed by atoms with Crippen molar-refractivity contribution in [3.05, 3.63) is 60.2 Å². The Bertz CT molecular complexity index is 1370. The molecule has 0 radical (unpaired) electrons. The summed E-state index contributed by atoms with van der Waals surface area (Å²) in [7, 11) is 1.56. The van der Waals surface area contributed by atoms with E-state index in [0.29, 0.717) is 35.5 Å². The van der Waals surface area contributed by atoms with Gasteiger partial charge in [-0.1, -0.05) is 18.2 Å². The molecular formula is C23H22FN7O4. The summed E-state index contributed by atoms with van der Waals surface area (Å²) < 4.78 is 31.8. The minimum Gasteiger partial charge on any atom is -0.405 e. The van der Waals surface area contributed by atoms with E-state index in [4.69, 9.17) is 19.9 Å². The summed E-state index contributed by atoms with van der Waals surface area (Å²) in [6, 6.07) is 10.0. The smallest absolute Gasteiger partial charge is 0.405 e. The van der Waals surface area contributed by atoms with Gasteiger partial charge < -0.3 is 24.8 Å². The predicted octanol–water partition coefficient (Wildman–Crippen LogP) is 2.46. The summed E-state index contributed by atoms with van der Waals surface area (Å²) in [5.74, 6) is -0.150. The van der Waals surface area contributed by atoms with Crippen LogP contribution < -0.4 is 10.5 Å². The molecule has 180 valence electrons. The Kier molecular flexibility index (Phi) is 6.21. The number of carbonyl (C=O) groups excluding carboxylic acids is 1. The Morgan fingerprint density at radius 2 is 2.03 bits per heavy atom. The van der Waals surface area contributed by atoms with Gasteiger partial charge >= 0.3 is 6.09 Å². The summed E-state index contributed by atoms with van der Waals surface area (Å²) in [5.41, 5.74) is 7.50. The van der Waals surface area contributed by atoms with Gasteiger partial charge in [-0.05, 0) is 18.2 Å². The molecule has 1 aliphatic rings. The second-order valence-corrected chi connectivity index (χ2v) is 7.83. The Balaban J connectivity index is 1.39. The number of amides is 1. The summed E-state index contributed by atoms with van der Waals surface area (Å²) in [5, 5.41) is 5.25. The van der Waals surface area contributed by atoms with E-state index in [-0.39, 0.29) is 36.3 Å². The highest BCUT2D eigenvalue weighted by atomic mass is 19.1. The molecule has 0 bridgehead atoms. The molecule has 1 fully saturated rings. The van der Waals surface area contributed by atoms with Crippen molar-refractivity contribution in [2.75, 3.05) is 32.5 Å². The number of ether oxygens (including phenoxy) is 3. The molecule has 1 aliphatic heterocycles. The van der Waals surface area contributed by atoms with E-state index in [1.807, 2.05) is 6.07 Å². The van der Waals surface area contributed by atoms with Crippen LogP contribution in [0.1, 0.15) is 5.56 Å². The van der Waals surface area contributed by atoms with Gasteiger partial charge in [-0.2, -0.15) is 5.10 Å². The van der Waals surface area contributed by atoms with Crippen molar-refractivity contribution in [3.8, 4) is 17.3 Å². The first kappa shape index (κ1) is 22.6. The molecule has 0 spiro atoms. The fraction of sp³-hybridized carbons (Fsp3) is 0.261. The lowest BCUT2D eigenvalue weighted by Crippen LogP contribution is -2.36. The number of nitrogens with zero attached hydrogens (tertiary/aromatic N) is 6. The molecule has 2 N–H and O–H groups in total. The number of carbonyl (C=O) groups is 1. The summed E-state index contributed by atoms with van der Waals surface area (Å²) >= 11 is 0. The summed E-state index contributed by atoms with van der Waals surface area (Å²) in [4.78, 5) is 26.7. The zero-order valence-electron chi connectivity index (χ0n) is 18.8. The number of fused-ring (bicyclic) bond motifs is 1. The molecule has 0 saturated carbocycles. The van der Waals surface area contributed by atoms with Crippen LogP contribution in [0.15, 0.2) is 48.8 Å². The van der Waals surface area contributed by atoms with Crippen molar-refractivity contribution in [3.63, 3.8) is 0 Å². The maximum atomic E-state index is 14.2. The maximum Gasteiger partial charge on any atom is 0.415 e. The Morgan fingerprint density at radius 1 is 1.23 bits per heavy atom. The molecule has 0 aliphatic carbocycles. The third kappa shape index (κ3) is 4.74. The van der Waals surface area contributed by atoms with Crippen LogP contribution in [-0.2, 0) is 16.0 Å². The first-order valence-corrected chi connectivity index (χ1v) is 10.8. The molecule has 0 atom stereocenters. The molecule has 4 aromatic rings. The normalized spacial score (nSPS) is 13.9. The van der Waals surface area contributed by atoms with Crippen molar-refractivity contribution in [2.45, 2.75) is 12.8 Å². The third-order valence-electron chi connectivity index (χ3n) is 5.40. The van der Waals surface area contributed by atoms with Gasteiger partial charge in [0.2, 0.25) is 0 Å². The largest absolute Gasteiger partial charge is 0.415 e. The monoisotopic (exact) mass is 479 g/mol. The van der Waals surface area contributed by atoms with Crippen LogP contribution in [-0.4, -0.2) is 68.8 Å². The van der Waals surface area contributed by atoms with Crippen LogP contribution in [0.3, 0.4) is 0 Å². The fourth-order valence-corrected chi connectivity index (χ4v) is 3.63. The molecule has 0 unspecified atom stereocenters. The highest BCUT2D eigenvalue weighted by Crippen LogP contribution is 2.28. The van der Waals surface area contributed by atoms with E-state index < -0.39 is 12.4 Å². The summed E-state index contributed by atoms with van der Waals surface area (Å²) in [6.07, 6.45) is 1.78. The van der Waals surface area contributed by atoms with E-state index >= 15 is 0 Å². The van der Waals surface area contributed by atoms with Crippen molar-refractivity contribution < 1.29 is 23.4 Å². The molecular weight excluding hydrogens is 457 g/mol. The number of pyridine rings is 1. The van der Waals surface area contributed by atoms with Crippen LogP contribution in [0.4, 0.5) is 15.0 Å². The van der Waals surface area contributed by atoms with Gasteiger partial charge in [0.1, 0.15) is 11.5 Å². The Morgan fingerprint density at radius 3 is 2.80 bits per heavy atom. The fourth-order valence-electron chi connectivity index (χ4n) is 3.63. The first-order valence-electron chi connectivity index (χ1n) is 10.8. The maximum absolute atomic E-state index is 14.2. The molecule has 1 amide bonds. The lowest BCUT2D eigenvalue weighted by molar-refractivity contribution is -0.0545. The highest BCUT2D eigenvalue weighted by Gasteiger charge is 2.23. The van der Waals surface area contributed by atoms with Crippen LogP contribution in [0, 0.1) is 5.82 Å². The lowest BCUT2D eigenvalue weighted by Gasteiger charge is -2.19. The second-order valence-electron chi connectivity index (χ2n) is 7.83. The van der Waals surface area contributed by atoms with E-state index in [1.54, 1.807) is 42.2 Å². The number of rotatable bonds is 6. The van der Waals surface area contributed by atoms with Crippen LogP contribution >= 0.6 is 0 Å². The van der Waals surface area contributed by atoms with Gasteiger partial charge in [0, 0.05) is 18.8 Å². The molecule has 1 saturated heterocycles. The van der Waals surface area contributed by atoms with Gasteiger partial charge in [-0.15, -0.1) is 0 Å². The van der Waals surface area contributed by atoms with E-state index in [1.165, 1.54) is 17.2 Å². The van der Waals surface area contributed by atoms with E-state index in [9.17, 15) is 9.18 Å². The van der Waals surface area contributed by atoms with Gasteiger partial charge in [-0.25, -0.2) is 28.8 Å². The van der Waals surface area contributed by atoms with E-state index in [0.717, 1.165) is 0 Å². The standard InChI is InChI=1S/C23H22FN7O4/c1-30(13-18-33-9-10-34-18)23(32)35-17-11-27-21(28-20(17)25)19-15-6-4-8-26-22(15)31(29-19)12-14-5-2-3-7-16(14)24/h2-8,11,18H,9-10,12-13H2,1H3,(H2,25,27,28). The third-order valence-corrected chi connectivity index (χ3v) is 5.40. The van der Waals surface area contributed by atoms with Gasteiger partial charge in [0.25, 0.3) is 0 Å². The zero-order valence-corrected chi connectivity index (χ0v) is 18.8. The Labute approximate surface area is 199 Å². The van der Waals surface area contributed by atoms with Gasteiger partial charge in [-0.3, -0.25) is 0 Å². The zero-order chi connectivity index (χ0) is 24.4. The van der Waals surface area contributed by atoms with Crippen molar-refractivity contribution in [1.82, 2.24) is 29.6 Å². The van der Waals surface area contributed by atoms with Gasteiger partial charge in [0.05, 0.1) is 37.9 Å². The minimum atomic E-state index is -0.657. The SMILES string of the molecule is CN(CC1OCCO1)C(=O)Oc1cnc(-c2nn(Cc3ccccc3F)c3ncccc23)nc1N. The Hall–Kier alpha value is -4.16. The molecule has 1 aromatic carbocycles. The number of hydrogen-bond donors (Lipinski definition) is 1. The number of likely N-dealkylation sites (N-methyl/N-ethyl adjacent to an activating group) is 1. The number of nitrogens with two attached hydrogens (primary N) is 1. The number of halogens is 1. The molecule has 11 nitrogen and oxygen atoms in total. The average Bonchev–Trinajstić information content (AvgIpc) is 3.50. The second kappa shape index (κ2) is 9.60. The number of nitrogen functional groups attached to an aromatic ring is 1. The quantitative estimate of drug-likeness (QED) is 0.443. The molecule has 3 aromatic heterocycles. The number of aromatic nitrogens is 5. The highest BCUT2D eigenvalue weighted by molar-refractivity contribution is 5.89. The predicted molar refractivity (Wildman–Crippen MR) is 123 cm³/mol. The topological polar surface area (TPSA) is 131 Å². The average molecular weight is 479 g/mol. The number of anilines is 1. The van der Waals surface area contributed by atoms with Crippen molar-refractivity contribution in [1.29, 1.82) is 0 Å². The van der Waals surface area contributed by atoms with Crippen LogP contribution in [0.2, 0.25) is 0 Å². The molecule has 35 heavy (non-hydrogen) atoms. The molecule has 12 heteroatoms. The van der Waals surface area contributed by atoms with Crippen LogP contribution in [0.25, 0.3) is 22.6 Å². The lowest BCUT2D eigenvalue weighted by atomic mass is 10.2. The number of benzene rings is 1. The molecule has 5 rings (SSSR count). The van der Waals surface area contributed by atoms with Crippen LogP contribution in [0.5, 0.6) is 5.75 Å². The molecule has 4 heterocycles. The van der Waals surface area contributed by atoms with E-state index in [2.05, 4.69) is 20.1 Å². The first-order chi connectivity index (χ1) is 17.0. The number of hydrogen-bond acceptors (Lipinski definition) is 9.